The molecule has 5 nitrogen and oxygen atoms in total. The smallest absolute Gasteiger partial charge is 0.319 e. The Morgan fingerprint density at radius 2 is 1.89 bits per heavy atom. The van der Waals surface area contributed by atoms with Crippen molar-refractivity contribution < 1.29 is 14.6 Å². The summed E-state index contributed by atoms with van der Waals surface area (Å²) in [6.45, 7) is 6.55. The van der Waals surface area contributed by atoms with Gasteiger partial charge in [0.05, 0.1) is 18.8 Å². The molecule has 1 unspecified atom stereocenters. The second-order valence-corrected chi connectivity index (χ2v) is 4.60. The molecule has 0 saturated heterocycles. The van der Waals surface area contributed by atoms with Crippen LogP contribution in [0.3, 0.4) is 0 Å². The maximum atomic E-state index is 11.5. The number of hydrogen-bond donors (Lipinski definition) is 3. The van der Waals surface area contributed by atoms with E-state index in [0.29, 0.717) is 18.8 Å². The van der Waals surface area contributed by atoms with Crippen molar-refractivity contribution in [3.63, 3.8) is 0 Å². The van der Waals surface area contributed by atoms with Gasteiger partial charge in [-0.05, 0) is 38.5 Å². The normalized spacial score (nSPS) is 12.3. The second-order valence-electron chi connectivity index (χ2n) is 4.60. The van der Waals surface area contributed by atoms with E-state index in [2.05, 4.69) is 10.6 Å². The van der Waals surface area contributed by atoms with Crippen LogP contribution in [0.2, 0.25) is 0 Å². The number of rotatable bonds is 6. The minimum Gasteiger partial charge on any atom is -0.389 e. The first-order valence-electron chi connectivity index (χ1n) is 6.43. The number of benzene rings is 1. The van der Waals surface area contributed by atoms with E-state index in [1.807, 2.05) is 13.8 Å². The van der Waals surface area contributed by atoms with Crippen LogP contribution in [0.15, 0.2) is 24.3 Å². The first kappa shape index (κ1) is 15.5. The van der Waals surface area contributed by atoms with Crippen LogP contribution in [0.4, 0.5) is 10.5 Å². The number of nitrogens with one attached hydrogen (secondary N) is 2. The van der Waals surface area contributed by atoms with E-state index in [-0.39, 0.29) is 12.1 Å². The zero-order valence-electron chi connectivity index (χ0n) is 11.6. The van der Waals surface area contributed by atoms with Crippen LogP contribution in [0, 0.1) is 0 Å². The molecule has 0 spiro atoms. The number of ether oxygens (including phenoxy) is 1. The number of aliphatic hydroxyl groups is 1. The Kier molecular flexibility index (Phi) is 6.32. The molecule has 0 aliphatic carbocycles. The standard InChI is InChI=1S/C14H22N2O3/c1-10(2)19-9-8-15-14(18)16-13-6-4-12(5-7-13)11(3)17/h4-7,10-11,17H,8-9H2,1-3H3,(H2,15,16,18). The zero-order valence-corrected chi connectivity index (χ0v) is 11.6. The van der Waals surface area contributed by atoms with Crippen molar-refractivity contribution >= 4 is 11.7 Å². The quantitative estimate of drug-likeness (QED) is 0.692. The molecule has 0 radical (unpaired) electrons. The molecule has 0 bridgehead atoms. The van der Waals surface area contributed by atoms with Crippen LogP contribution in [-0.2, 0) is 4.74 Å². The molecule has 0 fully saturated rings. The summed E-state index contributed by atoms with van der Waals surface area (Å²) in [5.74, 6) is 0. The van der Waals surface area contributed by atoms with Crippen LogP contribution < -0.4 is 10.6 Å². The monoisotopic (exact) mass is 266 g/mol. The molecular formula is C14H22N2O3. The Hall–Kier alpha value is -1.59. The van der Waals surface area contributed by atoms with Gasteiger partial charge in [-0.25, -0.2) is 4.79 Å². The Balaban J connectivity index is 2.32. The molecule has 2 amide bonds. The van der Waals surface area contributed by atoms with Gasteiger partial charge in [0.2, 0.25) is 0 Å². The Bertz CT molecular complexity index is 388. The lowest BCUT2D eigenvalue weighted by molar-refractivity contribution is 0.0820. The van der Waals surface area contributed by atoms with Gasteiger partial charge in [-0.3, -0.25) is 0 Å². The summed E-state index contributed by atoms with van der Waals surface area (Å²) >= 11 is 0. The van der Waals surface area contributed by atoms with Crippen molar-refractivity contribution in [3.05, 3.63) is 29.8 Å². The van der Waals surface area contributed by atoms with Crippen LogP contribution in [-0.4, -0.2) is 30.4 Å². The summed E-state index contributed by atoms with van der Waals surface area (Å²) in [5.41, 5.74) is 1.50. The highest BCUT2D eigenvalue weighted by atomic mass is 16.5. The third-order valence-electron chi connectivity index (χ3n) is 2.49. The maximum Gasteiger partial charge on any atom is 0.319 e. The molecule has 3 N–H and O–H groups in total. The van der Waals surface area contributed by atoms with Crippen molar-refractivity contribution in [2.75, 3.05) is 18.5 Å². The van der Waals surface area contributed by atoms with E-state index >= 15 is 0 Å². The third-order valence-corrected chi connectivity index (χ3v) is 2.49. The largest absolute Gasteiger partial charge is 0.389 e. The molecule has 19 heavy (non-hydrogen) atoms. The van der Waals surface area contributed by atoms with Crippen molar-refractivity contribution in [1.82, 2.24) is 5.32 Å². The highest BCUT2D eigenvalue weighted by Crippen LogP contribution is 2.15. The van der Waals surface area contributed by atoms with Crippen LogP contribution in [0.5, 0.6) is 0 Å². The number of urea groups is 1. The maximum absolute atomic E-state index is 11.5. The number of carbonyl (C=O) groups excluding carboxylic acids is 1. The average molecular weight is 266 g/mol. The van der Waals surface area contributed by atoms with Crippen LogP contribution >= 0.6 is 0 Å². The summed E-state index contributed by atoms with van der Waals surface area (Å²) < 4.78 is 5.31. The molecular weight excluding hydrogens is 244 g/mol. The SMILES string of the molecule is CC(C)OCCNC(=O)Nc1ccc(C(C)O)cc1. The number of hydrogen-bond acceptors (Lipinski definition) is 3. The predicted molar refractivity (Wildman–Crippen MR) is 75.2 cm³/mol. The lowest BCUT2D eigenvalue weighted by Crippen LogP contribution is -2.32. The molecule has 1 aromatic rings. The van der Waals surface area contributed by atoms with Gasteiger partial charge < -0.3 is 20.5 Å². The lowest BCUT2D eigenvalue weighted by atomic mass is 10.1. The second kappa shape index (κ2) is 7.76. The van der Waals surface area contributed by atoms with Gasteiger partial charge in [-0.15, -0.1) is 0 Å². The lowest BCUT2D eigenvalue weighted by Gasteiger charge is -2.10. The molecule has 0 aliphatic rings. The molecule has 0 aliphatic heterocycles. The van der Waals surface area contributed by atoms with E-state index in [1.165, 1.54) is 0 Å². The van der Waals surface area contributed by atoms with Gasteiger partial charge in [0.25, 0.3) is 0 Å². The van der Waals surface area contributed by atoms with Gasteiger partial charge >= 0.3 is 6.03 Å². The molecule has 0 heterocycles. The molecule has 0 saturated carbocycles. The minimum absolute atomic E-state index is 0.165. The summed E-state index contributed by atoms with van der Waals surface area (Å²) in [5, 5.41) is 14.8. The topological polar surface area (TPSA) is 70.6 Å². The summed E-state index contributed by atoms with van der Waals surface area (Å²) in [6.07, 6.45) is -0.339. The summed E-state index contributed by atoms with van der Waals surface area (Å²) in [6, 6.07) is 6.81. The van der Waals surface area contributed by atoms with Gasteiger partial charge in [0, 0.05) is 12.2 Å². The third kappa shape index (κ3) is 6.22. The van der Waals surface area contributed by atoms with E-state index in [4.69, 9.17) is 4.74 Å². The molecule has 1 aromatic carbocycles. The Morgan fingerprint density at radius 1 is 1.26 bits per heavy atom. The number of aliphatic hydroxyl groups excluding tert-OH is 1. The highest BCUT2D eigenvalue weighted by molar-refractivity contribution is 5.89. The molecule has 1 rings (SSSR count). The van der Waals surface area contributed by atoms with Crippen molar-refractivity contribution in [2.24, 2.45) is 0 Å². The highest BCUT2D eigenvalue weighted by Gasteiger charge is 2.03. The minimum atomic E-state index is -0.504. The van der Waals surface area contributed by atoms with Crippen LogP contribution in [0.25, 0.3) is 0 Å². The molecule has 5 heteroatoms. The van der Waals surface area contributed by atoms with E-state index in [9.17, 15) is 9.90 Å². The molecule has 106 valence electrons. The summed E-state index contributed by atoms with van der Waals surface area (Å²) in [4.78, 5) is 11.5. The Morgan fingerprint density at radius 3 is 2.42 bits per heavy atom. The zero-order chi connectivity index (χ0) is 14.3. The fraction of sp³-hybridized carbons (Fsp3) is 0.500. The van der Waals surface area contributed by atoms with E-state index in [0.717, 1.165) is 5.56 Å². The van der Waals surface area contributed by atoms with E-state index < -0.39 is 6.10 Å². The fourth-order valence-corrected chi connectivity index (χ4v) is 1.48. The average Bonchev–Trinajstić information content (AvgIpc) is 2.35. The first-order chi connectivity index (χ1) is 8.99. The van der Waals surface area contributed by atoms with Crippen molar-refractivity contribution in [3.8, 4) is 0 Å². The van der Waals surface area contributed by atoms with Gasteiger partial charge in [-0.1, -0.05) is 12.1 Å². The van der Waals surface area contributed by atoms with Gasteiger partial charge in [-0.2, -0.15) is 0 Å². The predicted octanol–water partition coefficient (Wildman–Crippen LogP) is 2.29. The summed E-state index contributed by atoms with van der Waals surface area (Å²) in [7, 11) is 0. The van der Waals surface area contributed by atoms with Gasteiger partial charge in [0.1, 0.15) is 0 Å². The van der Waals surface area contributed by atoms with Crippen LogP contribution in [0.1, 0.15) is 32.4 Å². The molecule has 1 atom stereocenters. The van der Waals surface area contributed by atoms with Crippen molar-refractivity contribution in [2.45, 2.75) is 33.0 Å². The van der Waals surface area contributed by atoms with Crippen molar-refractivity contribution in [1.29, 1.82) is 0 Å². The number of amides is 2. The number of anilines is 1. The molecule has 0 aromatic heterocycles. The Labute approximate surface area is 114 Å². The first-order valence-corrected chi connectivity index (χ1v) is 6.43. The number of carbonyl (C=O) groups is 1. The van der Waals surface area contributed by atoms with Gasteiger partial charge in [0.15, 0.2) is 0 Å². The fourth-order valence-electron chi connectivity index (χ4n) is 1.48. The van der Waals surface area contributed by atoms with E-state index in [1.54, 1.807) is 31.2 Å².